The third kappa shape index (κ3) is 3.11. The van der Waals surface area contributed by atoms with Crippen LogP contribution in [0.5, 0.6) is 0 Å². The number of nitrogens with two attached hydrogens (primary N) is 1. The van der Waals surface area contributed by atoms with Crippen molar-refractivity contribution in [1.29, 1.82) is 0 Å². The van der Waals surface area contributed by atoms with Crippen molar-refractivity contribution in [3.63, 3.8) is 0 Å². The molecule has 0 bridgehead atoms. The molecule has 2 aliphatic rings. The third-order valence-electron chi connectivity index (χ3n) is 4.15. The van der Waals surface area contributed by atoms with Crippen molar-refractivity contribution >= 4 is 22.9 Å². The van der Waals surface area contributed by atoms with Gasteiger partial charge in [0.2, 0.25) is 5.78 Å². The van der Waals surface area contributed by atoms with Gasteiger partial charge in [0.1, 0.15) is 0 Å². The van der Waals surface area contributed by atoms with Gasteiger partial charge in [-0.3, -0.25) is 4.79 Å². The first-order valence-corrected chi connectivity index (χ1v) is 7.77. The van der Waals surface area contributed by atoms with Crippen molar-refractivity contribution in [2.45, 2.75) is 26.2 Å². The molecular weight excluding hydrogens is 274 g/mol. The minimum atomic E-state index is -0.142. The van der Waals surface area contributed by atoms with E-state index >= 15 is 0 Å². The number of carbonyl (C=O) groups excluding carboxylic acids is 1. The van der Waals surface area contributed by atoms with Gasteiger partial charge in [-0.05, 0) is 68.2 Å². The van der Waals surface area contributed by atoms with Crippen LogP contribution in [0.3, 0.4) is 0 Å². The largest absolute Gasteiger partial charge is 0.396 e. The fourth-order valence-electron chi connectivity index (χ4n) is 2.84. The van der Waals surface area contributed by atoms with Gasteiger partial charge in [0.25, 0.3) is 0 Å². The van der Waals surface area contributed by atoms with Crippen molar-refractivity contribution in [2.24, 2.45) is 10.7 Å². The smallest absolute Gasteiger partial charge is 0.201 e. The van der Waals surface area contributed by atoms with Crippen LogP contribution in [-0.2, 0) is 4.79 Å². The summed E-state index contributed by atoms with van der Waals surface area (Å²) < 4.78 is 0. The third-order valence-corrected chi connectivity index (χ3v) is 4.15. The summed E-state index contributed by atoms with van der Waals surface area (Å²) >= 11 is 0. The van der Waals surface area contributed by atoms with Crippen LogP contribution in [0, 0.1) is 0 Å². The topological polar surface area (TPSA) is 58.7 Å². The van der Waals surface area contributed by atoms with Crippen LogP contribution in [0.1, 0.15) is 26.2 Å². The number of hydrogen-bond donors (Lipinski definition) is 1. The number of piperidine rings is 1. The molecule has 4 heteroatoms. The highest BCUT2D eigenvalue weighted by Gasteiger charge is 2.14. The molecule has 22 heavy (non-hydrogen) atoms. The average molecular weight is 295 g/mol. The van der Waals surface area contributed by atoms with Crippen molar-refractivity contribution in [1.82, 2.24) is 0 Å². The summed E-state index contributed by atoms with van der Waals surface area (Å²) in [5, 5.41) is 0. The summed E-state index contributed by atoms with van der Waals surface area (Å²) in [4.78, 5) is 18.5. The quantitative estimate of drug-likeness (QED) is 0.853. The Hall–Kier alpha value is -2.36. The fourth-order valence-corrected chi connectivity index (χ4v) is 2.84. The van der Waals surface area contributed by atoms with E-state index in [0.717, 1.165) is 30.1 Å². The van der Waals surface area contributed by atoms with E-state index < -0.39 is 0 Å². The maximum absolute atomic E-state index is 11.5. The Morgan fingerprint density at radius 1 is 1.05 bits per heavy atom. The number of rotatable bonds is 2. The molecule has 4 nitrogen and oxygen atoms in total. The minimum Gasteiger partial charge on any atom is -0.396 e. The van der Waals surface area contributed by atoms with Gasteiger partial charge in [-0.15, -0.1) is 0 Å². The van der Waals surface area contributed by atoms with Crippen molar-refractivity contribution in [3.05, 3.63) is 47.7 Å². The molecule has 0 saturated carbocycles. The van der Waals surface area contributed by atoms with E-state index in [4.69, 9.17) is 5.73 Å². The van der Waals surface area contributed by atoms with E-state index in [1.165, 1.54) is 31.0 Å². The highest BCUT2D eigenvalue weighted by Crippen LogP contribution is 2.24. The molecule has 0 unspecified atom stereocenters. The van der Waals surface area contributed by atoms with Crippen LogP contribution in [-0.4, -0.2) is 24.6 Å². The summed E-state index contributed by atoms with van der Waals surface area (Å²) in [7, 11) is 0. The van der Waals surface area contributed by atoms with Crippen LogP contribution in [0.15, 0.2) is 52.7 Å². The first-order chi connectivity index (χ1) is 10.6. The highest BCUT2D eigenvalue weighted by atomic mass is 16.1. The number of allylic oxidation sites excluding steroid dienone is 3. The lowest BCUT2D eigenvalue weighted by Crippen LogP contribution is -2.29. The molecule has 0 radical (unpaired) electrons. The predicted octanol–water partition coefficient (Wildman–Crippen LogP) is 3.12. The summed E-state index contributed by atoms with van der Waals surface area (Å²) in [6, 6.07) is 8.27. The van der Waals surface area contributed by atoms with E-state index in [1.54, 1.807) is 6.08 Å². The Labute approximate surface area is 131 Å². The molecule has 1 fully saturated rings. The molecule has 114 valence electrons. The normalized spacial score (nSPS) is 20.9. The number of aliphatic imine (C=N–C) groups is 1. The monoisotopic (exact) mass is 295 g/mol. The second-order valence-corrected chi connectivity index (χ2v) is 5.85. The summed E-state index contributed by atoms with van der Waals surface area (Å²) in [5.41, 5.74) is 9.66. The second-order valence-electron chi connectivity index (χ2n) is 5.85. The second kappa shape index (κ2) is 6.18. The molecule has 1 aliphatic carbocycles. The molecule has 2 N–H and O–H groups in total. The summed E-state index contributed by atoms with van der Waals surface area (Å²) in [6.45, 7) is 4.15. The number of ketones is 1. The van der Waals surface area contributed by atoms with E-state index in [2.05, 4.69) is 22.0 Å². The number of benzene rings is 1. The Balaban J connectivity index is 1.80. The molecule has 0 aromatic heterocycles. The molecule has 1 aliphatic heterocycles. The van der Waals surface area contributed by atoms with Gasteiger partial charge in [0.15, 0.2) is 0 Å². The maximum Gasteiger partial charge on any atom is 0.201 e. The lowest BCUT2D eigenvalue weighted by molar-refractivity contribution is -0.111. The van der Waals surface area contributed by atoms with Crippen molar-refractivity contribution in [2.75, 3.05) is 18.0 Å². The molecule has 0 atom stereocenters. The molecule has 0 amide bonds. The summed E-state index contributed by atoms with van der Waals surface area (Å²) in [5.74, 6) is -0.142. The van der Waals surface area contributed by atoms with Crippen LogP contribution in [0.2, 0.25) is 0 Å². The van der Waals surface area contributed by atoms with Gasteiger partial charge >= 0.3 is 0 Å². The Morgan fingerprint density at radius 3 is 2.41 bits per heavy atom. The standard InChI is InChI=1S/C18H21N3O/c1-13-11-18(22)16(19)12-17(13)20-14-5-7-15(8-6-14)21-9-3-2-4-10-21/h5-8,11-12H,2-4,9-10,19H2,1H3. The Bertz CT molecular complexity index is 662. The number of anilines is 1. The van der Waals surface area contributed by atoms with Gasteiger partial charge in [-0.2, -0.15) is 0 Å². The molecule has 3 rings (SSSR count). The Kier molecular flexibility index (Phi) is 4.09. The molecule has 0 spiro atoms. The average Bonchev–Trinajstić information content (AvgIpc) is 2.54. The molecular formula is C18H21N3O. The van der Waals surface area contributed by atoms with Gasteiger partial charge in [0, 0.05) is 18.8 Å². The van der Waals surface area contributed by atoms with Crippen LogP contribution >= 0.6 is 0 Å². The minimum absolute atomic E-state index is 0.142. The predicted molar refractivity (Wildman–Crippen MR) is 90.6 cm³/mol. The van der Waals surface area contributed by atoms with Crippen molar-refractivity contribution < 1.29 is 4.79 Å². The molecule has 1 heterocycles. The zero-order valence-electron chi connectivity index (χ0n) is 12.9. The molecule has 1 aromatic carbocycles. The number of hydrogen-bond acceptors (Lipinski definition) is 4. The van der Waals surface area contributed by atoms with E-state index in [9.17, 15) is 4.79 Å². The van der Waals surface area contributed by atoms with Crippen LogP contribution in [0.4, 0.5) is 11.4 Å². The summed E-state index contributed by atoms with van der Waals surface area (Å²) in [6.07, 6.45) is 7.06. The number of nitrogens with zero attached hydrogens (tertiary/aromatic N) is 2. The molecule has 1 saturated heterocycles. The van der Waals surface area contributed by atoms with Crippen molar-refractivity contribution in [3.8, 4) is 0 Å². The molecule has 1 aromatic rings. The van der Waals surface area contributed by atoms with Gasteiger partial charge < -0.3 is 10.6 Å². The van der Waals surface area contributed by atoms with Gasteiger partial charge in [0.05, 0.1) is 17.1 Å². The zero-order chi connectivity index (χ0) is 15.5. The van der Waals surface area contributed by atoms with E-state index in [1.807, 2.05) is 19.1 Å². The van der Waals surface area contributed by atoms with E-state index in [-0.39, 0.29) is 11.5 Å². The SMILES string of the molecule is CC1=CC(=O)C(N)=CC1=Nc1ccc(N2CCCCC2)cc1. The highest BCUT2D eigenvalue weighted by molar-refractivity contribution is 6.21. The lowest BCUT2D eigenvalue weighted by Gasteiger charge is -2.28. The van der Waals surface area contributed by atoms with E-state index in [0.29, 0.717) is 0 Å². The van der Waals surface area contributed by atoms with Gasteiger partial charge in [-0.1, -0.05) is 0 Å². The lowest BCUT2D eigenvalue weighted by atomic mass is 10.0. The maximum atomic E-state index is 11.5. The first kappa shape index (κ1) is 14.6. The fraction of sp³-hybridized carbons (Fsp3) is 0.333. The zero-order valence-corrected chi connectivity index (χ0v) is 12.9. The first-order valence-electron chi connectivity index (χ1n) is 7.77. The van der Waals surface area contributed by atoms with Gasteiger partial charge in [-0.25, -0.2) is 4.99 Å². The van der Waals surface area contributed by atoms with Crippen LogP contribution in [0.25, 0.3) is 0 Å². The van der Waals surface area contributed by atoms with Crippen LogP contribution < -0.4 is 10.6 Å². The number of carbonyl (C=O) groups is 1. The Morgan fingerprint density at radius 2 is 1.73 bits per heavy atom.